The van der Waals surface area contributed by atoms with Crippen molar-refractivity contribution >= 4 is 5.78 Å². The Kier molecular flexibility index (Phi) is 3.51. The zero-order chi connectivity index (χ0) is 14.2. The van der Waals surface area contributed by atoms with Gasteiger partial charge in [-0.3, -0.25) is 4.79 Å². The summed E-state index contributed by atoms with van der Waals surface area (Å²) in [7, 11) is 0. The van der Waals surface area contributed by atoms with Crippen molar-refractivity contribution in [1.29, 1.82) is 0 Å². The molecule has 0 saturated carbocycles. The summed E-state index contributed by atoms with van der Waals surface area (Å²) in [4.78, 5) is 12.2. The van der Waals surface area contributed by atoms with Gasteiger partial charge in [0.15, 0.2) is 17.4 Å². The van der Waals surface area contributed by atoms with E-state index in [2.05, 4.69) is 0 Å². The topological polar surface area (TPSA) is 30.2 Å². The van der Waals surface area contributed by atoms with Gasteiger partial charge in [0.1, 0.15) is 11.5 Å². The number of furan rings is 1. The number of carbonyl (C=O) groups excluding carboxylic acids is 1. The first kappa shape index (κ1) is 13.5. The van der Waals surface area contributed by atoms with E-state index in [-0.39, 0.29) is 17.8 Å². The lowest BCUT2D eigenvalue weighted by Gasteiger charge is -2.04. The minimum atomic E-state index is -0.966. The highest BCUT2D eigenvalue weighted by molar-refractivity contribution is 5.99. The number of aryl methyl sites for hydroxylation is 2. The van der Waals surface area contributed by atoms with Crippen LogP contribution in [0.25, 0.3) is 0 Å². The van der Waals surface area contributed by atoms with Crippen molar-refractivity contribution in [3.8, 4) is 0 Å². The first-order valence-corrected chi connectivity index (χ1v) is 5.94. The SMILES string of the molecule is Cc1oc(C)c(C(=O)Cc2cccc(F)c2F)c1C. The number of rotatable bonds is 3. The second-order valence-electron chi connectivity index (χ2n) is 4.53. The molecule has 0 saturated heterocycles. The molecule has 0 aliphatic heterocycles. The normalized spacial score (nSPS) is 10.8. The fourth-order valence-electron chi connectivity index (χ4n) is 2.15. The Hall–Kier alpha value is -1.97. The van der Waals surface area contributed by atoms with E-state index in [0.717, 1.165) is 11.6 Å². The molecule has 0 fully saturated rings. The maximum atomic E-state index is 13.5. The highest BCUT2D eigenvalue weighted by Crippen LogP contribution is 2.23. The van der Waals surface area contributed by atoms with E-state index in [1.807, 2.05) is 0 Å². The van der Waals surface area contributed by atoms with E-state index in [4.69, 9.17) is 4.42 Å². The van der Waals surface area contributed by atoms with Gasteiger partial charge in [-0.05, 0) is 32.4 Å². The molecular weight excluding hydrogens is 250 g/mol. The second kappa shape index (κ2) is 4.96. The standard InChI is InChI=1S/C15H14F2O2/c1-8-9(2)19-10(3)14(8)13(18)7-11-5-4-6-12(16)15(11)17/h4-6H,7H2,1-3H3. The molecule has 0 bridgehead atoms. The number of carbonyl (C=O) groups is 1. The maximum absolute atomic E-state index is 13.5. The summed E-state index contributed by atoms with van der Waals surface area (Å²) in [6, 6.07) is 3.83. The summed E-state index contributed by atoms with van der Waals surface area (Å²) in [5, 5.41) is 0. The molecule has 0 aliphatic carbocycles. The van der Waals surface area contributed by atoms with Crippen LogP contribution in [-0.2, 0) is 6.42 Å². The van der Waals surface area contributed by atoms with E-state index < -0.39 is 11.6 Å². The van der Waals surface area contributed by atoms with E-state index in [1.54, 1.807) is 20.8 Å². The minimum absolute atomic E-state index is 0.0580. The van der Waals surface area contributed by atoms with Crippen molar-refractivity contribution in [1.82, 2.24) is 0 Å². The largest absolute Gasteiger partial charge is 0.466 e. The lowest BCUT2D eigenvalue weighted by atomic mass is 9.99. The van der Waals surface area contributed by atoms with E-state index >= 15 is 0 Å². The highest BCUT2D eigenvalue weighted by atomic mass is 19.2. The Morgan fingerprint density at radius 3 is 2.42 bits per heavy atom. The lowest BCUT2D eigenvalue weighted by Crippen LogP contribution is -2.08. The number of Topliss-reactive ketones (excluding diaryl/α,β-unsaturated/α-hetero) is 1. The number of hydrogen-bond acceptors (Lipinski definition) is 2. The zero-order valence-corrected chi connectivity index (χ0v) is 11.0. The zero-order valence-electron chi connectivity index (χ0n) is 11.0. The molecule has 0 aliphatic rings. The van der Waals surface area contributed by atoms with Crippen LogP contribution in [0.5, 0.6) is 0 Å². The molecule has 1 heterocycles. The number of halogens is 2. The molecule has 19 heavy (non-hydrogen) atoms. The van der Waals surface area contributed by atoms with Crippen LogP contribution in [0.15, 0.2) is 22.6 Å². The van der Waals surface area contributed by atoms with Gasteiger partial charge in [-0.25, -0.2) is 8.78 Å². The molecule has 0 atom stereocenters. The highest BCUT2D eigenvalue weighted by Gasteiger charge is 2.20. The van der Waals surface area contributed by atoms with Gasteiger partial charge >= 0.3 is 0 Å². The third kappa shape index (κ3) is 2.43. The van der Waals surface area contributed by atoms with Gasteiger partial charge in [0.05, 0.1) is 5.56 Å². The molecule has 0 amide bonds. The lowest BCUT2D eigenvalue weighted by molar-refractivity contribution is 0.0989. The monoisotopic (exact) mass is 264 g/mol. The van der Waals surface area contributed by atoms with Crippen LogP contribution in [0.4, 0.5) is 8.78 Å². The van der Waals surface area contributed by atoms with E-state index in [0.29, 0.717) is 17.1 Å². The average molecular weight is 264 g/mol. The fraction of sp³-hybridized carbons (Fsp3) is 0.267. The Bertz CT molecular complexity index is 642. The predicted molar refractivity (Wildman–Crippen MR) is 67.3 cm³/mol. The summed E-state index contributed by atoms with van der Waals surface area (Å²) < 4.78 is 32.0. The predicted octanol–water partition coefficient (Wildman–Crippen LogP) is 3.91. The third-order valence-corrected chi connectivity index (χ3v) is 3.22. The molecule has 0 radical (unpaired) electrons. The molecule has 2 rings (SSSR count). The minimum Gasteiger partial charge on any atom is -0.466 e. The summed E-state index contributed by atoms with van der Waals surface area (Å²) in [6.07, 6.45) is -0.176. The van der Waals surface area contributed by atoms with Crippen LogP contribution in [-0.4, -0.2) is 5.78 Å². The Labute approximate surface area is 110 Å². The van der Waals surface area contributed by atoms with Crippen LogP contribution >= 0.6 is 0 Å². The Morgan fingerprint density at radius 1 is 1.16 bits per heavy atom. The van der Waals surface area contributed by atoms with Crippen molar-refractivity contribution in [3.63, 3.8) is 0 Å². The van der Waals surface area contributed by atoms with Gasteiger partial charge in [0.25, 0.3) is 0 Å². The average Bonchev–Trinajstić information content (AvgIpc) is 2.59. The van der Waals surface area contributed by atoms with Crippen LogP contribution in [0.3, 0.4) is 0 Å². The fourth-order valence-corrected chi connectivity index (χ4v) is 2.15. The van der Waals surface area contributed by atoms with Crippen molar-refractivity contribution in [2.75, 3.05) is 0 Å². The first-order chi connectivity index (χ1) is 8.91. The van der Waals surface area contributed by atoms with Crippen LogP contribution < -0.4 is 0 Å². The molecule has 1 aromatic carbocycles. The van der Waals surface area contributed by atoms with Gasteiger partial charge in [0, 0.05) is 12.0 Å². The van der Waals surface area contributed by atoms with Crippen molar-refractivity contribution in [2.45, 2.75) is 27.2 Å². The third-order valence-electron chi connectivity index (χ3n) is 3.22. The molecule has 1 aromatic heterocycles. The summed E-state index contributed by atoms with van der Waals surface area (Å²) in [6.45, 7) is 5.23. The van der Waals surface area contributed by atoms with Gasteiger partial charge < -0.3 is 4.42 Å². The van der Waals surface area contributed by atoms with Crippen molar-refractivity contribution in [3.05, 3.63) is 58.0 Å². The van der Waals surface area contributed by atoms with Gasteiger partial charge in [-0.15, -0.1) is 0 Å². The molecule has 2 aromatic rings. The van der Waals surface area contributed by atoms with E-state index in [1.165, 1.54) is 12.1 Å². The van der Waals surface area contributed by atoms with Crippen LogP contribution in [0, 0.1) is 32.4 Å². The smallest absolute Gasteiger partial charge is 0.171 e. The first-order valence-electron chi connectivity index (χ1n) is 5.94. The molecule has 0 N–H and O–H groups in total. The van der Waals surface area contributed by atoms with Gasteiger partial charge in [-0.2, -0.15) is 0 Å². The Balaban J connectivity index is 2.34. The van der Waals surface area contributed by atoms with Crippen LogP contribution in [0.1, 0.15) is 33.0 Å². The molecule has 2 nitrogen and oxygen atoms in total. The summed E-state index contributed by atoms with van der Waals surface area (Å²) in [5.41, 5.74) is 1.27. The number of benzene rings is 1. The van der Waals surface area contributed by atoms with Gasteiger partial charge in [0.2, 0.25) is 0 Å². The Morgan fingerprint density at radius 2 is 1.84 bits per heavy atom. The van der Waals surface area contributed by atoms with Crippen molar-refractivity contribution in [2.24, 2.45) is 0 Å². The summed E-state index contributed by atoms with van der Waals surface area (Å²) in [5.74, 6) is -0.998. The number of hydrogen-bond donors (Lipinski definition) is 0. The van der Waals surface area contributed by atoms with Gasteiger partial charge in [-0.1, -0.05) is 12.1 Å². The molecule has 0 unspecified atom stereocenters. The molecular formula is C15H14F2O2. The van der Waals surface area contributed by atoms with Crippen LogP contribution in [0.2, 0.25) is 0 Å². The second-order valence-corrected chi connectivity index (χ2v) is 4.53. The molecule has 0 spiro atoms. The maximum Gasteiger partial charge on any atom is 0.171 e. The van der Waals surface area contributed by atoms with E-state index in [9.17, 15) is 13.6 Å². The molecule has 100 valence electrons. The quantitative estimate of drug-likeness (QED) is 0.787. The number of ketones is 1. The van der Waals surface area contributed by atoms with Crippen molar-refractivity contribution < 1.29 is 18.0 Å². The summed E-state index contributed by atoms with van der Waals surface area (Å²) >= 11 is 0. The molecule has 4 heteroatoms.